The molecular formula is C42H31F10N7. The predicted octanol–water partition coefficient (Wildman–Crippen LogP) is 11.6. The third kappa shape index (κ3) is 7.29. The minimum atomic E-state index is -2.31. The molecule has 7 aromatic rings. The first-order chi connectivity index (χ1) is 27.7. The smallest absolute Gasteiger partial charge is 0.200 e. The quantitative estimate of drug-likeness (QED) is 0.0910. The van der Waals surface area contributed by atoms with Crippen LogP contribution >= 0.6 is 0 Å². The van der Waals surface area contributed by atoms with Crippen molar-refractivity contribution in [1.82, 2.24) is 29.5 Å². The highest BCUT2D eigenvalue weighted by Gasteiger charge is 2.30. The summed E-state index contributed by atoms with van der Waals surface area (Å²) in [5.74, 6) is -20.9. The molecule has 304 valence electrons. The monoisotopic (exact) mass is 823 g/mol. The third-order valence-electron chi connectivity index (χ3n) is 9.39. The fraction of sp³-hybridized carbons (Fsp3) is 0.190. The second kappa shape index (κ2) is 14.7. The Kier molecular flexibility index (Phi) is 10.1. The lowest BCUT2D eigenvalue weighted by Gasteiger charge is -2.30. The number of hydrogen-bond acceptors (Lipinski definition) is 5. The van der Waals surface area contributed by atoms with E-state index in [1.54, 1.807) is 29.2 Å². The lowest BCUT2D eigenvalue weighted by atomic mass is 9.80. The van der Waals surface area contributed by atoms with Crippen LogP contribution in [0.3, 0.4) is 0 Å². The highest BCUT2D eigenvalue weighted by molar-refractivity contribution is 5.74. The van der Waals surface area contributed by atoms with E-state index in [9.17, 15) is 43.9 Å². The molecule has 0 amide bonds. The van der Waals surface area contributed by atoms with Gasteiger partial charge in [-0.25, -0.2) is 63.2 Å². The van der Waals surface area contributed by atoms with Gasteiger partial charge in [-0.1, -0.05) is 59.7 Å². The van der Waals surface area contributed by atoms with Gasteiger partial charge >= 0.3 is 0 Å². The molecule has 7 nitrogen and oxygen atoms in total. The van der Waals surface area contributed by atoms with Gasteiger partial charge in [-0.3, -0.25) is 4.90 Å². The van der Waals surface area contributed by atoms with Crippen LogP contribution in [0.1, 0.15) is 52.7 Å². The summed E-state index contributed by atoms with van der Waals surface area (Å²) in [6.07, 6.45) is 2.45. The van der Waals surface area contributed by atoms with Crippen molar-refractivity contribution in [2.45, 2.75) is 52.4 Å². The summed E-state index contributed by atoms with van der Waals surface area (Å²) in [6.45, 7) is 12.2. The average molecular weight is 824 g/mol. The second-order valence-corrected chi connectivity index (χ2v) is 15.5. The number of nitrogens with zero attached hydrogens (tertiary/aromatic N) is 7. The van der Waals surface area contributed by atoms with E-state index >= 15 is 0 Å². The van der Waals surface area contributed by atoms with Gasteiger partial charge in [0.2, 0.25) is 11.6 Å². The summed E-state index contributed by atoms with van der Waals surface area (Å²) in [7, 11) is 0. The van der Waals surface area contributed by atoms with Crippen molar-refractivity contribution >= 4 is 17.3 Å². The summed E-state index contributed by atoms with van der Waals surface area (Å²) < 4.78 is 145. The molecule has 3 aromatic carbocycles. The third-order valence-corrected chi connectivity index (χ3v) is 9.39. The fourth-order valence-corrected chi connectivity index (χ4v) is 6.15. The molecule has 0 N–H and O–H groups in total. The molecule has 0 unspecified atom stereocenters. The van der Waals surface area contributed by atoms with Crippen molar-refractivity contribution in [2.75, 3.05) is 4.90 Å². The molecule has 4 aromatic heterocycles. The fourth-order valence-electron chi connectivity index (χ4n) is 6.15. The zero-order valence-corrected chi connectivity index (χ0v) is 31.9. The molecule has 7 rings (SSSR count). The Labute approximate surface area is 330 Å². The van der Waals surface area contributed by atoms with E-state index < -0.39 is 80.7 Å². The van der Waals surface area contributed by atoms with Crippen LogP contribution in [0.2, 0.25) is 0 Å². The summed E-state index contributed by atoms with van der Waals surface area (Å²) in [5, 5.41) is 8.17. The Hall–Kier alpha value is -6.52. The molecule has 0 saturated heterocycles. The Morgan fingerprint density at radius 2 is 0.780 bits per heavy atom. The van der Waals surface area contributed by atoms with E-state index in [1.807, 2.05) is 53.7 Å². The molecule has 0 aliphatic rings. The van der Waals surface area contributed by atoms with Crippen LogP contribution in [0, 0.1) is 58.2 Å². The molecule has 0 fully saturated rings. The SMILES string of the molecule is CC(C)(C)c1cc(N(c2cccc(-n3ccc(-c4c(F)c(F)c(F)c(F)c4F)n3)n2)c2cccc(-n3ccc(-c4c(F)c(F)c(F)c(F)c4F)n3)n2)cc(C(C)(C)C)c1. The maximum atomic E-state index is 14.7. The van der Waals surface area contributed by atoms with Crippen LogP contribution in [-0.2, 0) is 10.8 Å². The molecule has 0 radical (unpaired) electrons. The molecule has 59 heavy (non-hydrogen) atoms. The van der Waals surface area contributed by atoms with E-state index in [4.69, 9.17) is 9.97 Å². The van der Waals surface area contributed by atoms with Crippen LogP contribution in [0.4, 0.5) is 61.2 Å². The second-order valence-electron chi connectivity index (χ2n) is 15.5. The lowest BCUT2D eigenvalue weighted by Crippen LogP contribution is -2.20. The minimum absolute atomic E-state index is 0.0568. The van der Waals surface area contributed by atoms with Crippen LogP contribution in [0.15, 0.2) is 79.1 Å². The lowest BCUT2D eigenvalue weighted by molar-refractivity contribution is 0.381. The highest BCUT2D eigenvalue weighted by atomic mass is 19.2. The molecule has 0 saturated carbocycles. The van der Waals surface area contributed by atoms with E-state index in [-0.39, 0.29) is 34.1 Å². The van der Waals surface area contributed by atoms with Gasteiger partial charge in [0, 0.05) is 18.1 Å². The number of anilines is 3. The van der Waals surface area contributed by atoms with Crippen molar-refractivity contribution in [2.24, 2.45) is 0 Å². The first-order valence-electron chi connectivity index (χ1n) is 17.7. The van der Waals surface area contributed by atoms with Crippen molar-refractivity contribution in [3.05, 3.63) is 148 Å². The number of hydrogen-bond donors (Lipinski definition) is 0. The topological polar surface area (TPSA) is 64.7 Å². The summed E-state index contributed by atoms with van der Waals surface area (Å²) in [4.78, 5) is 11.2. The Bertz CT molecular complexity index is 2540. The Morgan fingerprint density at radius 3 is 1.12 bits per heavy atom. The van der Waals surface area contributed by atoms with Crippen molar-refractivity contribution in [3.8, 4) is 34.2 Å². The molecular weight excluding hydrogens is 792 g/mol. The van der Waals surface area contributed by atoms with Gasteiger partial charge in [-0.15, -0.1) is 0 Å². The van der Waals surface area contributed by atoms with Gasteiger partial charge in [0.25, 0.3) is 0 Å². The maximum Gasteiger partial charge on any atom is 0.200 e. The van der Waals surface area contributed by atoms with E-state index in [0.717, 1.165) is 32.6 Å². The predicted molar refractivity (Wildman–Crippen MR) is 199 cm³/mol. The first-order valence-corrected chi connectivity index (χ1v) is 17.7. The van der Waals surface area contributed by atoms with Gasteiger partial charge in [-0.2, -0.15) is 10.2 Å². The van der Waals surface area contributed by atoms with E-state index in [0.29, 0.717) is 5.69 Å². The van der Waals surface area contributed by atoms with Gasteiger partial charge < -0.3 is 0 Å². The van der Waals surface area contributed by atoms with Gasteiger partial charge in [0.15, 0.2) is 58.2 Å². The highest BCUT2D eigenvalue weighted by Crippen LogP contribution is 2.40. The van der Waals surface area contributed by atoms with E-state index in [1.165, 1.54) is 24.5 Å². The number of benzene rings is 3. The van der Waals surface area contributed by atoms with Crippen LogP contribution < -0.4 is 4.90 Å². The first kappa shape index (κ1) is 40.7. The Morgan fingerprint density at radius 1 is 0.441 bits per heavy atom. The summed E-state index contributed by atoms with van der Waals surface area (Å²) in [5.41, 5.74) is -1.89. The number of aromatic nitrogens is 6. The molecule has 0 atom stereocenters. The largest absolute Gasteiger partial charge is 0.279 e. The zero-order valence-electron chi connectivity index (χ0n) is 31.9. The van der Waals surface area contributed by atoms with Crippen LogP contribution in [0.25, 0.3) is 34.2 Å². The average Bonchev–Trinajstić information content (AvgIpc) is 3.89. The van der Waals surface area contributed by atoms with E-state index in [2.05, 4.69) is 16.3 Å². The standard InChI is InChI=1S/C42H31F10N7/c1-41(2,3)20-17-21(42(4,5)6)19-22(18-20)59(27-11-7-9-25(53-27)57-15-13-23(55-57)29-31(43)35(47)39(51)36(48)32(29)44)28-12-8-10-26(54-28)58-16-14-24(56-58)30-33(45)37(49)40(52)38(50)34(30)46/h7-19H,1-6H3. The molecule has 0 aliphatic carbocycles. The summed E-state index contributed by atoms with van der Waals surface area (Å²) in [6, 6.07) is 17.4. The summed E-state index contributed by atoms with van der Waals surface area (Å²) >= 11 is 0. The van der Waals surface area contributed by atoms with Crippen molar-refractivity contribution < 1.29 is 43.9 Å². The molecule has 4 heterocycles. The van der Waals surface area contributed by atoms with Crippen molar-refractivity contribution in [3.63, 3.8) is 0 Å². The number of rotatable bonds is 7. The van der Waals surface area contributed by atoms with Gasteiger partial charge in [0.05, 0.1) is 22.5 Å². The minimum Gasteiger partial charge on any atom is -0.279 e. The molecule has 0 aliphatic heterocycles. The molecule has 0 spiro atoms. The number of halogens is 10. The zero-order chi connectivity index (χ0) is 42.9. The van der Waals surface area contributed by atoms with Gasteiger partial charge in [0.1, 0.15) is 11.6 Å². The molecule has 17 heteroatoms. The normalized spacial score (nSPS) is 12.1. The Balaban J connectivity index is 1.38. The molecule has 0 bridgehead atoms. The maximum absolute atomic E-state index is 14.7. The van der Waals surface area contributed by atoms with Gasteiger partial charge in [-0.05, 0) is 70.5 Å². The van der Waals surface area contributed by atoms with Crippen LogP contribution in [-0.4, -0.2) is 29.5 Å². The number of pyridine rings is 2. The van der Waals surface area contributed by atoms with Crippen LogP contribution in [0.5, 0.6) is 0 Å². The van der Waals surface area contributed by atoms with Crippen molar-refractivity contribution in [1.29, 1.82) is 0 Å².